The van der Waals surface area contributed by atoms with E-state index in [4.69, 9.17) is 10.5 Å². The summed E-state index contributed by atoms with van der Waals surface area (Å²) in [5.74, 6) is 1.55. The number of carbonyl (C=O) groups excluding carboxylic acids is 1. The quantitative estimate of drug-likeness (QED) is 0.773. The second-order valence-electron chi connectivity index (χ2n) is 4.44. The molecule has 0 saturated carbocycles. The standard InChI is InChI=1S/C14H21NO2S/c1-10-7-11(2)9-13(8-10)17-5-4-6-18-12(3)14(15)16/h7-9,12H,4-6H2,1-3H3,(H2,15,16). The van der Waals surface area contributed by atoms with E-state index in [1.54, 1.807) is 11.8 Å². The Morgan fingerprint density at radius 3 is 2.50 bits per heavy atom. The summed E-state index contributed by atoms with van der Waals surface area (Å²) in [5, 5.41) is -0.119. The minimum absolute atomic E-state index is 0.119. The van der Waals surface area contributed by atoms with Gasteiger partial charge in [-0.25, -0.2) is 0 Å². The monoisotopic (exact) mass is 267 g/mol. The van der Waals surface area contributed by atoms with Crippen molar-refractivity contribution in [2.75, 3.05) is 12.4 Å². The largest absolute Gasteiger partial charge is 0.494 e. The third-order valence-electron chi connectivity index (χ3n) is 2.52. The molecule has 1 amide bonds. The minimum Gasteiger partial charge on any atom is -0.494 e. The zero-order valence-corrected chi connectivity index (χ0v) is 12.0. The summed E-state index contributed by atoms with van der Waals surface area (Å²) in [7, 11) is 0. The fourth-order valence-electron chi connectivity index (χ4n) is 1.61. The lowest BCUT2D eigenvalue weighted by Crippen LogP contribution is -2.23. The highest BCUT2D eigenvalue weighted by Gasteiger charge is 2.07. The second-order valence-corrected chi connectivity index (χ2v) is 5.89. The highest BCUT2D eigenvalue weighted by molar-refractivity contribution is 8.00. The molecular weight excluding hydrogens is 246 g/mol. The maximum atomic E-state index is 10.8. The van der Waals surface area contributed by atoms with Crippen molar-refractivity contribution in [1.29, 1.82) is 0 Å². The fourth-order valence-corrected chi connectivity index (χ4v) is 2.41. The topological polar surface area (TPSA) is 52.3 Å². The Morgan fingerprint density at radius 1 is 1.33 bits per heavy atom. The number of primary amides is 1. The van der Waals surface area contributed by atoms with Crippen LogP contribution in [0.25, 0.3) is 0 Å². The van der Waals surface area contributed by atoms with E-state index in [2.05, 4.69) is 19.9 Å². The summed E-state index contributed by atoms with van der Waals surface area (Å²) in [6.07, 6.45) is 0.912. The van der Waals surface area contributed by atoms with Gasteiger partial charge in [-0.1, -0.05) is 6.07 Å². The number of ether oxygens (including phenoxy) is 1. The van der Waals surface area contributed by atoms with Crippen LogP contribution in [0.2, 0.25) is 0 Å². The Labute approximate surface area is 113 Å². The van der Waals surface area contributed by atoms with Crippen molar-refractivity contribution in [3.8, 4) is 5.75 Å². The zero-order valence-electron chi connectivity index (χ0n) is 11.2. The van der Waals surface area contributed by atoms with Gasteiger partial charge in [-0.15, -0.1) is 11.8 Å². The first-order valence-electron chi connectivity index (χ1n) is 6.11. The summed E-state index contributed by atoms with van der Waals surface area (Å²) in [4.78, 5) is 10.8. The van der Waals surface area contributed by atoms with Crippen molar-refractivity contribution >= 4 is 17.7 Å². The van der Waals surface area contributed by atoms with E-state index < -0.39 is 0 Å². The molecule has 0 aliphatic heterocycles. The van der Waals surface area contributed by atoms with Gasteiger partial charge < -0.3 is 10.5 Å². The van der Waals surface area contributed by atoms with Crippen LogP contribution in [0.5, 0.6) is 5.75 Å². The highest BCUT2D eigenvalue weighted by Crippen LogP contribution is 2.17. The van der Waals surface area contributed by atoms with Gasteiger partial charge in [0.15, 0.2) is 0 Å². The van der Waals surface area contributed by atoms with Gasteiger partial charge >= 0.3 is 0 Å². The van der Waals surface area contributed by atoms with Gasteiger partial charge in [0.1, 0.15) is 5.75 Å². The molecule has 1 unspecified atom stereocenters. The Hall–Kier alpha value is -1.16. The van der Waals surface area contributed by atoms with Crippen LogP contribution in [0.1, 0.15) is 24.5 Å². The van der Waals surface area contributed by atoms with E-state index in [0.717, 1.165) is 17.9 Å². The zero-order chi connectivity index (χ0) is 13.5. The van der Waals surface area contributed by atoms with Crippen molar-refractivity contribution in [2.45, 2.75) is 32.4 Å². The molecule has 100 valence electrons. The predicted octanol–water partition coefficient (Wildman–Crippen LogP) is 2.68. The molecule has 2 N–H and O–H groups in total. The number of thioether (sulfide) groups is 1. The van der Waals surface area contributed by atoms with Crippen LogP contribution in [0.3, 0.4) is 0 Å². The molecular formula is C14H21NO2S. The normalized spacial score (nSPS) is 12.2. The number of hydrogen-bond acceptors (Lipinski definition) is 3. The molecule has 1 atom stereocenters. The molecule has 0 spiro atoms. The number of benzene rings is 1. The van der Waals surface area contributed by atoms with E-state index in [1.807, 2.05) is 19.1 Å². The van der Waals surface area contributed by atoms with E-state index in [-0.39, 0.29) is 11.2 Å². The smallest absolute Gasteiger partial charge is 0.230 e. The molecule has 0 saturated heterocycles. The van der Waals surface area contributed by atoms with Crippen LogP contribution in [-0.4, -0.2) is 23.5 Å². The first-order chi connectivity index (χ1) is 8.49. The van der Waals surface area contributed by atoms with Gasteiger partial charge in [0.2, 0.25) is 5.91 Å². The molecule has 1 aromatic carbocycles. The van der Waals surface area contributed by atoms with Crippen molar-refractivity contribution in [2.24, 2.45) is 5.73 Å². The SMILES string of the molecule is Cc1cc(C)cc(OCCCSC(C)C(N)=O)c1. The van der Waals surface area contributed by atoms with Gasteiger partial charge in [0.05, 0.1) is 11.9 Å². The Morgan fingerprint density at radius 2 is 1.94 bits per heavy atom. The molecule has 0 aliphatic rings. The van der Waals surface area contributed by atoms with Crippen LogP contribution in [0.15, 0.2) is 18.2 Å². The lowest BCUT2D eigenvalue weighted by molar-refractivity contribution is -0.117. The van der Waals surface area contributed by atoms with Crippen molar-refractivity contribution < 1.29 is 9.53 Å². The maximum absolute atomic E-state index is 10.8. The van der Waals surface area contributed by atoms with Crippen LogP contribution < -0.4 is 10.5 Å². The number of rotatable bonds is 7. The molecule has 0 fully saturated rings. The molecule has 3 nitrogen and oxygen atoms in total. The number of carbonyl (C=O) groups is 1. The molecule has 4 heteroatoms. The number of nitrogens with two attached hydrogens (primary N) is 1. The van der Waals surface area contributed by atoms with Crippen LogP contribution in [0.4, 0.5) is 0 Å². The number of amides is 1. The summed E-state index contributed by atoms with van der Waals surface area (Å²) < 4.78 is 5.68. The predicted molar refractivity (Wildman–Crippen MR) is 77.1 cm³/mol. The third-order valence-corrected chi connectivity index (χ3v) is 3.78. The van der Waals surface area contributed by atoms with Crippen LogP contribution in [-0.2, 0) is 4.79 Å². The molecule has 18 heavy (non-hydrogen) atoms. The molecule has 0 aromatic heterocycles. The lowest BCUT2D eigenvalue weighted by Gasteiger charge is -2.09. The van der Waals surface area contributed by atoms with Gasteiger partial charge in [-0.3, -0.25) is 4.79 Å². The van der Waals surface area contributed by atoms with E-state index in [0.29, 0.717) is 6.61 Å². The molecule has 1 aromatic rings. The average Bonchev–Trinajstić information content (AvgIpc) is 2.26. The second kappa shape index (κ2) is 7.31. The van der Waals surface area contributed by atoms with E-state index in [1.165, 1.54) is 11.1 Å². The van der Waals surface area contributed by atoms with Gasteiger partial charge in [0.25, 0.3) is 0 Å². The summed E-state index contributed by atoms with van der Waals surface area (Å²) in [6, 6.07) is 6.19. The maximum Gasteiger partial charge on any atom is 0.230 e. The third kappa shape index (κ3) is 5.45. The average molecular weight is 267 g/mol. The van der Waals surface area contributed by atoms with Crippen LogP contribution in [0, 0.1) is 13.8 Å². The van der Waals surface area contributed by atoms with Crippen molar-refractivity contribution in [1.82, 2.24) is 0 Å². The summed E-state index contributed by atoms with van der Waals surface area (Å²) in [5.41, 5.74) is 7.60. The fraction of sp³-hybridized carbons (Fsp3) is 0.500. The molecule has 0 bridgehead atoms. The Balaban J connectivity index is 2.23. The van der Waals surface area contributed by atoms with Crippen molar-refractivity contribution in [3.63, 3.8) is 0 Å². The van der Waals surface area contributed by atoms with Crippen LogP contribution >= 0.6 is 11.8 Å². The number of aryl methyl sites for hydroxylation is 2. The van der Waals surface area contributed by atoms with Gasteiger partial charge in [0, 0.05) is 0 Å². The summed E-state index contributed by atoms with van der Waals surface area (Å²) >= 11 is 1.57. The molecule has 0 aliphatic carbocycles. The van der Waals surface area contributed by atoms with Crippen molar-refractivity contribution in [3.05, 3.63) is 29.3 Å². The first kappa shape index (κ1) is 14.9. The first-order valence-corrected chi connectivity index (χ1v) is 7.16. The van der Waals surface area contributed by atoms with Gasteiger partial charge in [-0.2, -0.15) is 0 Å². The molecule has 0 heterocycles. The summed E-state index contributed by atoms with van der Waals surface area (Å²) in [6.45, 7) is 6.62. The molecule has 1 rings (SSSR count). The minimum atomic E-state index is -0.254. The van der Waals surface area contributed by atoms with Gasteiger partial charge in [-0.05, 0) is 56.2 Å². The Kier molecular flexibility index (Phi) is 6.05. The lowest BCUT2D eigenvalue weighted by atomic mass is 10.1. The highest BCUT2D eigenvalue weighted by atomic mass is 32.2. The Bertz CT molecular complexity index is 387. The number of hydrogen-bond donors (Lipinski definition) is 1. The van der Waals surface area contributed by atoms with E-state index in [9.17, 15) is 4.79 Å². The molecule has 0 radical (unpaired) electrons. The van der Waals surface area contributed by atoms with E-state index >= 15 is 0 Å².